The van der Waals surface area contributed by atoms with Crippen LogP contribution in [0.25, 0.3) is 10.9 Å². The van der Waals surface area contributed by atoms with Crippen molar-refractivity contribution in [1.82, 2.24) is 15.1 Å². The monoisotopic (exact) mass is 336 g/mol. The number of benzene rings is 2. The van der Waals surface area contributed by atoms with Gasteiger partial charge in [0.1, 0.15) is 5.75 Å². The third-order valence-corrected chi connectivity index (χ3v) is 4.21. The number of ether oxygens (including phenoxy) is 1. The van der Waals surface area contributed by atoms with Crippen LogP contribution in [0.5, 0.6) is 5.75 Å². The summed E-state index contributed by atoms with van der Waals surface area (Å²) in [7, 11) is 1.73. The normalized spacial score (nSPS) is 14.0. The molecule has 1 aliphatic rings. The van der Waals surface area contributed by atoms with E-state index in [0.29, 0.717) is 23.5 Å². The number of likely N-dealkylation sites (N-methyl/N-ethyl adjacent to an activating group) is 1. The second kappa shape index (κ2) is 5.94. The number of H-pyrrole nitrogens is 1. The summed E-state index contributed by atoms with van der Waals surface area (Å²) in [4.78, 5) is 25.9. The molecule has 0 radical (unpaired) electrons. The van der Waals surface area contributed by atoms with E-state index >= 15 is 0 Å². The molecule has 0 atom stereocenters. The lowest BCUT2D eigenvalue weighted by Gasteiger charge is -2.12. The quantitative estimate of drug-likeness (QED) is 0.751. The minimum Gasteiger partial charge on any atom is -0.483 e. The molecule has 0 aliphatic carbocycles. The molecule has 0 unspecified atom stereocenters. The molecule has 2 heterocycles. The van der Waals surface area contributed by atoms with E-state index < -0.39 is 0 Å². The minimum atomic E-state index is -0.241. The Morgan fingerprint density at radius 1 is 1.28 bits per heavy atom. The Labute approximate surface area is 143 Å². The van der Waals surface area contributed by atoms with Crippen LogP contribution in [0.15, 0.2) is 42.6 Å². The van der Waals surface area contributed by atoms with Gasteiger partial charge in [-0.3, -0.25) is 14.7 Å². The SMILES string of the molecule is CN1Cc2ccc(C(=O)Nc3ccc4cn[nH]c4c3)cc2OCC1=O. The highest BCUT2D eigenvalue weighted by Crippen LogP contribution is 2.25. The van der Waals surface area contributed by atoms with Gasteiger partial charge in [-0.25, -0.2) is 0 Å². The van der Waals surface area contributed by atoms with Crippen LogP contribution in [0.1, 0.15) is 15.9 Å². The van der Waals surface area contributed by atoms with E-state index in [0.717, 1.165) is 16.5 Å². The number of fused-ring (bicyclic) bond motifs is 2. The number of carbonyl (C=O) groups excluding carboxylic acids is 2. The summed E-state index contributed by atoms with van der Waals surface area (Å²) in [5.41, 5.74) is 2.88. The summed E-state index contributed by atoms with van der Waals surface area (Å²) in [5, 5.41) is 10.7. The number of amides is 2. The number of hydrogen-bond donors (Lipinski definition) is 2. The highest BCUT2D eigenvalue weighted by Gasteiger charge is 2.19. The maximum Gasteiger partial charge on any atom is 0.260 e. The van der Waals surface area contributed by atoms with Crippen molar-refractivity contribution in [2.24, 2.45) is 0 Å². The summed E-state index contributed by atoms with van der Waals surface area (Å²) in [6.45, 7) is 0.442. The van der Waals surface area contributed by atoms with Crippen molar-refractivity contribution in [2.45, 2.75) is 6.54 Å². The molecule has 3 aromatic rings. The lowest BCUT2D eigenvalue weighted by molar-refractivity contribution is -0.131. The van der Waals surface area contributed by atoms with Gasteiger partial charge < -0.3 is 15.0 Å². The smallest absolute Gasteiger partial charge is 0.260 e. The summed E-state index contributed by atoms with van der Waals surface area (Å²) in [6.07, 6.45) is 1.73. The van der Waals surface area contributed by atoms with Crippen molar-refractivity contribution in [3.05, 3.63) is 53.7 Å². The predicted octanol–water partition coefficient (Wildman–Crippen LogP) is 2.17. The van der Waals surface area contributed by atoms with E-state index in [1.807, 2.05) is 24.3 Å². The Morgan fingerprint density at radius 3 is 3.04 bits per heavy atom. The molecule has 2 amide bonds. The largest absolute Gasteiger partial charge is 0.483 e. The van der Waals surface area contributed by atoms with Crippen LogP contribution in [-0.4, -0.2) is 40.6 Å². The van der Waals surface area contributed by atoms with E-state index in [1.165, 1.54) is 0 Å². The molecule has 2 aromatic carbocycles. The summed E-state index contributed by atoms with van der Waals surface area (Å²) >= 11 is 0. The van der Waals surface area contributed by atoms with Gasteiger partial charge in [0.2, 0.25) is 0 Å². The molecule has 1 aliphatic heterocycles. The molecule has 7 heteroatoms. The zero-order valence-corrected chi connectivity index (χ0v) is 13.6. The molecular formula is C18H16N4O3. The first kappa shape index (κ1) is 15.2. The first-order valence-electron chi connectivity index (χ1n) is 7.84. The van der Waals surface area contributed by atoms with Gasteiger partial charge in [0.25, 0.3) is 11.8 Å². The minimum absolute atomic E-state index is 0.0228. The van der Waals surface area contributed by atoms with Gasteiger partial charge in [-0.15, -0.1) is 0 Å². The van der Waals surface area contributed by atoms with Gasteiger partial charge in [0.05, 0.1) is 11.7 Å². The maximum atomic E-state index is 12.5. The Balaban J connectivity index is 1.57. The highest BCUT2D eigenvalue weighted by atomic mass is 16.5. The zero-order chi connectivity index (χ0) is 17.4. The second-order valence-corrected chi connectivity index (χ2v) is 5.99. The zero-order valence-electron chi connectivity index (χ0n) is 13.6. The number of aromatic nitrogens is 2. The van der Waals surface area contributed by atoms with Gasteiger partial charge >= 0.3 is 0 Å². The van der Waals surface area contributed by atoms with E-state index in [1.54, 1.807) is 30.3 Å². The summed E-state index contributed by atoms with van der Waals surface area (Å²) in [6, 6.07) is 10.8. The molecule has 2 N–H and O–H groups in total. The van der Waals surface area contributed by atoms with E-state index in [2.05, 4.69) is 15.5 Å². The predicted molar refractivity (Wildman–Crippen MR) is 92.5 cm³/mol. The Kier molecular flexibility index (Phi) is 3.61. The second-order valence-electron chi connectivity index (χ2n) is 5.99. The van der Waals surface area contributed by atoms with Crippen LogP contribution >= 0.6 is 0 Å². The van der Waals surface area contributed by atoms with Gasteiger partial charge in [0, 0.05) is 35.8 Å². The van der Waals surface area contributed by atoms with Crippen molar-refractivity contribution in [1.29, 1.82) is 0 Å². The van der Waals surface area contributed by atoms with E-state index in [9.17, 15) is 9.59 Å². The van der Waals surface area contributed by atoms with Crippen molar-refractivity contribution in [2.75, 3.05) is 19.0 Å². The Hall–Kier alpha value is -3.35. The first-order chi connectivity index (χ1) is 12.1. The average Bonchev–Trinajstić information content (AvgIpc) is 3.02. The van der Waals surface area contributed by atoms with E-state index in [-0.39, 0.29) is 18.4 Å². The molecule has 126 valence electrons. The number of nitrogens with one attached hydrogen (secondary N) is 2. The first-order valence-corrected chi connectivity index (χ1v) is 7.84. The van der Waals surface area contributed by atoms with Gasteiger partial charge in [-0.2, -0.15) is 5.10 Å². The van der Waals surface area contributed by atoms with Crippen LogP contribution in [0.2, 0.25) is 0 Å². The molecule has 0 saturated heterocycles. The van der Waals surface area contributed by atoms with Gasteiger partial charge in [-0.1, -0.05) is 6.07 Å². The van der Waals surface area contributed by atoms with Crippen molar-refractivity contribution < 1.29 is 14.3 Å². The molecule has 0 saturated carbocycles. The number of aromatic amines is 1. The number of rotatable bonds is 2. The van der Waals surface area contributed by atoms with E-state index in [4.69, 9.17) is 4.74 Å². The van der Waals surface area contributed by atoms with Gasteiger partial charge in [0.15, 0.2) is 6.61 Å². The molecule has 0 bridgehead atoms. The molecule has 0 spiro atoms. The van der Waals surface area contributed by atoms with Crippen molar-refractivity contribution >= 4 is 28.4 Å². The van der Waals surface area contributed by atoms with Crippen LogP contribution in [0.3, 0.4) is 0 Å². The van der Waals surface area contributed by atoms with Crippen LogP contribution < -0.4 is 10.1 Å². The Morgan fingerprint density at radius 2 is 2.16 bits per heavy atom. The third-order valence-electron chi connectivity index (χ3n) is 4.21. The molecule has 0 fully saturated rings. The fourth-order valence-corrected chi connectivity index (χ4v) is 2.77. The van der Waals surface area contributed by atoms with Crippen molar-refractivity contribution in [3.8, 4) is 5.75 Å². The molecule has 7 nitrogen and oxygen atoms in total. The fraction of sp³-hybridized carbons (Fsp3) is 0.167. The highest BCUT2D eigenvalue weighted by molar-refractivity contribution is 6.05. The topological polar surface area (TPSA) is 87.3 Å². The number of carbonyl (C=O) groups is 2. The molecule has 4 rings (SSSR count). The van der Waals surface area contributed by atoms with Crippen LogP contribution in [0, 0.1) is 0 Å². The molecular weight excluding hydrogens is 320 g/mol. The van der Waals surface area contributed by atoms with Gasteiger partial charge in [-0.05, 0) is 30.3 Å². The van der Waals surface area contributed by atoms with Crippen molar-refractivity contribution in [3.63, 3.8) is 0 Å². The third kappa shape index (κ3) is 2.91. The number of anilines is 1. The van der Waals surface area contributed by atoms with Crippen LogP contribution in [-0.2, 0) is 11.3 Å². The lowest BCUT2D eigenvalue weighted by Crippen LogP contribution is -2.28. The van der Waals surface area contributed by atoms with Crippen LogP contribution in [0.4, 0.5) is 5.69 Å². The number of hydrogen-bond acceptors (Lipinski definition) is 4. The molecule has 1 aromatic heterocycles. The fourth-order valence-electron chi connectivity index (χ4n) is 2.77. The lowest BCUT2D eigenvalue weighted by atomic mass is 10.1. The maximum absolute atomic E-state index is 12.5. The summed E-state index contributed by atoms with van der Waals surface area (Å²) in [5.74, 6) is 0.235. The summed E-state index contributed by atoms with van der Waals surface area (Å²) < 4.78 is 5.53. The molecule has 25 heavy (non-hydrogen) atoms. The standard InChI is InChI=1S/C18H16N4O3/c1-22-9-13-3-2-11(6-16(13)25-10-17(22)23)18(24)20-14-5-4-12-8-19-21-15(12)7-14/h2-8H,9-10H2,1H3,(H,19,21)(H,20,24). The number of nitrogens with zero attached hydrogens (tertiary/aromatic N) is 2. The Bertz CT molecular complexity index is 979. The average molecular weight is 336 g/mol.